The quantitative estimate of drug-likeness (QED) is 0.513. The van der Waals surface area contributed by atoms with E-state index >= 15 is 0 Å². The molecule has 1 aliphatic heterocycles. The first-order valence-corrected chi connectivity index (χ1v) is 5.60. The average molecular weight is 240 g/mol. The summed E-state index contributed by atoms with van der Waals surface area (Å²) in [6.07, 6.45) is 3.03. The van der Waals surface area contributed by atoms with Crippen molar-refractivity contribution in [3.63, 3.8) is 0 Å². The maximum Gasteiger partial charge on any atom is 0.374 e. The van der Waals surface area contributed by atoms with E-state index in [1.165, 1.54) is 35.9 Å². The molecular formula is C8H4N2O3S2. The molecule has 0 radical (unpaired) electrons. The molecule has 1 amide bonds. The van der Waals surface area contributed by atoms with Gasteiger partial charge in [-0.3, -0.25) is 14.2 Å². The first kappa shape index (κ1) is 10.2. The predicted molar refractivity (Wildman–Crippen MR) is 56.7 cm³/mol. The lowest BCUT2D eigenvalue weighted by Crippen LogP contribution is -2.17. The minimum Gasteiger partial charge on any atom is -0.284 e. The van der Waals surface area contributed by atoms with Crippen LogP contribution in [0.25, 0.3) is 0 Å². The summed E-state index contributed by atoms with van der Waals surface area (Å²) in [6, 6.07) is 0. The van der Waals surface area contributed by atoms with Crippen molar-refractivity contribution in [3.8, 4) is 0 Å². The summed E-state index contributed by atoms with van der Waals surface area (Å²) in [7, 11) is 0. The number of hydrogen-bond donors (Lipinski definition) is 0. The molecule has 2 rings (SSSR count). The van der Waals surface area contributed by atoms with Crippen molar-refractivity contribution < 1.29 is 9.59 Å². The van der Waals surface area contributed by atoms with Gasteiger partial charge >= 0.3 is 11.8 Å². The maximum atomic E-state index is 11.3. The van der Waals surface area contributed by atoms with E-state index in [1.807, 2.05) is 10.8 Å². The number of carbonyl (C=O) groups is 2. The van der Waals surface area contributed by atoms with Gasteiger partial charge in [0.25, 0.3) is 0 Å². The SMILES string of the molecule is O=NC(=O)C(=O)n1cc2c(c1)SC=CS2. The van der Waals surface area contributed by atoms with Crippen LogP contribution < -0.4 is 0 Å². The minimum absolute atomic E-state index is 0.884. The van der Waals surface area contributed by atoms with Gasteiger partial charge in [0.05, 0.1) is 0 Å². The Morgan fingerprint density at radius 3 is 2.13 bits per heavy atom. The molecule has 1 aliphatic rings. The van der Waals surface area contributed by atoms with E-state index in [0.717, 1.165) is 14.4 Å². The van der Waals surface area contributed by atoms with E-state index < -0.39 is 11.8 Å². The summed E-state index contributed by atoms with van der Waals surface area (Å²) in [5.41, 5.74) is 0. The molecule has 1 aromatic rings. The molecule has 5 nitrogen and oxygen atoms in total. The Morgan fingerprint density at radius 2 is 1.67 bits per heavy atom. The molecule has 0 atom stereocenters. The van der Waals surface area contributed by atoms with Crippen LogP contribution in [0.15, 0.2) is 38.2 Å². The highest BCUT2D eigenvalue weighted by Crippen LogP contribution is 2.38. The topological polar surface area (TPSA) is 68.5 Å². The van der Waals surface area contributed by atoms with Crippen LogP contribution in [0.1, 0.15) is 4.79 Å². The normalized spacial score (nSPS) is 13.3. The zero-order chi connectivity index (χ0) is 10.8. The van der Waals surface area contributed by atoms with Gasteiger partial charge in [-0.1, -0.05) is 23.5 Å². The van der Waals surface area contributed by atoms with Crippen LogP contribution in [0.2, 0.25) is 0 Å². The van der Waals surface area contributed by atoms with Crippen LogP contribution in [0.5, 0.6) is 0 Å². The summed E-state index contributed by atoms with van der Waals surface area (Å²) in [4.78, 5) is 33.7. The molecule has 0 saturated heterocycles. The second-order valence-electron chi connectivity index (χ2n) is 2.60. The fourth-order valence-electron chi connectivity index (χ4n) is 1.06. The molecule has 0 aliphatic carbocycles. The number of thioether (sulfide) groups is 2. The van der Waals surface area contributed by atoms with Gasteiger partial charge in [0, 0.05) is 27.4 Å². The fourth-order valence-corrected chi connectivity index (χ4v) is 2.78. The van der Waals surface area contributed by atoms with Gasteiger partial charge in [-0.15, -0.1) is 4.91 Å². The summed E-state index contributed by atoms with van der Waals surface area (Å²) < 4.78 is 1.08. The van der Waals surface area contributed by atoms with Crippen molar-refractivity contribution >= 4 is 35.3 Å². The summed E-state index contributed by atoms with van der Waals surface area (Å²) in [5, 5.41) is 5.84. The van der Waals surface area contributed by atoms with Gasteiger partial charge in [-0.05, 0) is 10.8 Å². The zero-order valence-corrected chi connectivity index (χ0v) is 8.88. The van der Waals surface area contributed by atoms with Crippen molar-refractivity contribution in [3.05, 3.63) is 28.1 Å². The molecular weight excluding hydrogens is 236 g/mol. The number of carbonyl (C=O) groups excluding carboxylic acids is 2. The monoisotopic (exact) mass is 240 g/mol. The first-order chi connectivity index (χ1) is 7.22. The van der Waals surface area contributed by atoms with Crippen LogP contribution in [0.4, 0.5) is 0 Å². The molecule has 15 heavy (non-hydrogen) atoms. The highest BCUT2D eigenvalue weighted by molar-refractivity contribution is 8.08. The number of amides is 1. The minimum atomic E-state index is -1.29. The summed E-state index contributed by atoms with van der Waals surface area (Å²) >= 11 is 2.90. The van der Waals surface area contributed by atoms with E-state index in [0.29, 0.717) is 0 Å². The van der Waals surface area contributed by atoms with E-state index in [-0.39, 0.29) is 0 Å². The number of nitroso groups, excluding NO2 is 1. The molecule has 0 fully saturated rings. The lowest BCUT2D eigenvalue weighted by Gasteiger charge is -2.00. The van der Waals surface area contributed by atoms with Gasteiger partial charge < -0.3 is 0 Å². The standard InChI is InChI=1S/C8H4N2O3S2/c11-7(9-13)8(12)10-3-5-6(4-10)15-2-1-14-5/h1-4H. The van der Waals surface area contributed by atoms with Crippen LogP contribution >= 0.6 is 23.5 Å². The Balaban J connectivity index is 2.31. The molecule has 0 aromatic carbocycles. The molecule has 0 saturated carbocycles. The molecule has 0 bridgehead atoms. The van der Waals surface area contributed by atoms with Crippen molar-refractivity contribution in [2.45, 2.75) is 9.79 Å². The number of aromatic nitrogens is 1. The third-order valence-electron chi connectivity index (χ3n) is 1.70. The largest absolute Gasteiger partial charge is 0.374 e. The number of hydrogen-bond acceptors (Lipinski definition) is 5. The lowest BCUT2D eigenvalue weighted by molar-refractivity contribution is -0.114. The Hall–Kier alpha value is -1.34. The van der Waals surface area contributed by atoms with Gasteiger partial charge in [0.2, 0.25) is 0 Å². The van der Waals surface area contributed by atoms with Crippen LogP contribution in [0.3, 0.4) is 0 Å². The van der Waals surface area contributed by atoms with E-state index in [4.69, 9.17) is 0 Å². The van der Waals surface area contributed by atoms with Gasteiger partial charge in [-0.2, -0.15) is 0 Å². The Morgan fingerprint density at radius 1 is 1.13 bits per heavy atom. The van der Waals surface area contributed by atoms with E-state index in [9.17, 15) is 14.5 Å². The summed E-state index contributed by atoms with van der Waals surface area (Å²) in [6.45, 7) is 0. The highest BCUT2D eigenvalue weighted by Gasteiger charge is 2.19. The highest BCUT2D eigenvalue weighted by atomic mass is 32.2. The summed E-state index contributed by atoms with van der Waals surface area (Å²) in [5.74, 6) is -2.22. The van der Waals surface area contributed by atoms with Crippen LogP contribution in [0, 0.1) is 4.91 Å². The van der Waals surface area contributed by atoms with E-state index in [2.05, 4.69) is 5.18 Å². The lowest BCUT2D eigenvalue weighted by atomic mass is 10.6. The van der Waals surface area contributed by atoms with Gasteiger partial charge in [-0.25, -0.2) is 0 Å². The second-order valence-corrected chi connectivity index (χ2v) is 4.50. The molecule has 76 valence electrons. The fraction of sp³-hybridized carbons (Fsp3) is 0. The predicted octanol–water partition coefficient (Wildman–Crippen LogP) is 2.09. The zero-order valence-electron chi connectivity index (χ0n) is 7.25. The molecule has 1 aromatic heterocycles. The third-order valence-corrected chi connectivity index (χ3v) is 3.71. The van der Waals surface area contributed by atoms with Crippen molar-refractivity contribution in [2.24, 2.45) is 5.18 Å². The van der Waals surface area contributed by atoms with Crippen LogP contribution in [-0.4, -0.2) is 16.4 Å². The first-order valence-electron chi connectivity index (χ1n) is 3.84. The molecule has 0 spiro atoms. The Labute approximate surface area is 92.9 Å². The van der Waals surface area contributed by atoms with E-state index in [1.54, 1.807) is 0 Å². The van der Waals surface area contributed by atoms with Crippen molar-refractivity contribution in [2.75, 3.05) is 0 Å². The number of fused-ring (bicyclic) bond motifs is 1. The van der Waals surface area contributed by atoms with Crippen LogP contribution in [-0.2, 0) is 4.79 Å². The second kappa shape index (κ2) is 4.03. The maximum absolute atomic E-state index is 11.3. The third kappa shape index (κ3) is 1.88. The smallest absolute Gasteiger partial charge is 0.284 e. The molecule has 0 N–H and O–H groups in total. The van der Waals surface area contributed by atoms with Gasteiger partial charge in [0.15, 0.2) is 0 Å². The average Bonchev–Trinajstić information content (AvgIpc) is 2.70. The molecule has 2 heterocycles. The molecule has 7 heteroatoms. The van der Waals surface area contributed by atoms with Crippen molar-refractivity contribution in [1.29, 1.82) is 0 Å². The number of rotatable bonds is 0. The Bertz CT molecular complexity index is 453. The number of nitrogens with zero attached hydrogens (tertiary/aromatic N) is 2. The molecule has 0 unspecified atom stereocenters. The Kier molecular flexibility index (Phi) is 2.74. The van der Waals surface area contributed by atoms with Gasteiger partial charge in [0.1, 0.15) is 0 Å². The van der Waals surface area contributed by atoms with Crippen molar-refractivity contribution in [1.82, 2.24) is 4.57 Å².